The summed E-state index contributed by atoms with van der Waals surface area (Å²) >= 11 is 3.29. The van der Waals surface area contributed by atoms with Gasteiger partial charge in [0.05, 0.1) is 0 Å². The summed E-state index contributed by atoms with van der Waals surface area (Å²) in [5.41, 5.74) is 0.481. The van der Waals surface area contributed by atoms with Gasteiger partial charge < -0.3 is 5.32 Å². The number of rotatable bonds is 2. The summed E-state index contributed by atoms with van der Waals surface area (Å²) in [6.07, 6.45) is 3.54. The predicted octanol–water partition coefficient (Wildman–Crippen LogP) is 3.40. The van der Waals surface area contributed by atoms with Gasteiger partial charge in [-0.1, -0.05) is 32.8 Å². The SMILES string of the molecule is CC1CCCC(NC(=O)c2cccc(Br)n2)C1C. The summed E-state index contributed by atoms with van der Waals surface area (Å²) < 4.78 is 0.695. The van der Waals surface area contributed by atoms with Gasteiger partial charge in [0.15, 0.2) is 0 Å². The van der Waals surface area contributed by atoms with Crippen LogP contribution < -0.4 is 5.32 Å². The first-order valence-corrected chi connectivity index (χ1v) is 7.30. The largest absolute Gasteiger partial charge is 0.348 e. The van der Waals surface area contributed by atoms with Crippen LogP contribution in [-0.2, 0) is 0 Å². The normalized spacial score (nSPS) is 27.8. The van der Waals surface area contributed by atoms with E-state index in [2.05, 4.69) is 40.1 Å². The Morgan fingerprint density at radius 1 is 1.39 bits per heavy atom. The Morgan fingerprint density at radius 3 is 2.89 bits per heavy atom. The zero-order valence-electron chi connectivity index (χ0n) is 10.8. The first kappa shape index (κ1) is 13.5. The Bertz CT molecular complexity index is 436. The topological polar surface area (TPSA) is 42.0 Å². The maximum atomic E-state index is 12.1. The molecule has 98 valence electrons. The molecule has 3 nitrogen and oxygen atoms in total. The second-order valence-electron chi connectivity index (χ2n) is 5.19. The third-order valence-corrected chi connectivity index (χ3v) is 4.41. The number of nitrogens with zero attached hydrogens (tertiary/aromatic N) is 1. The summed E-state index contributed by atoms with van der Waals surface area (Å²) in [5, 5.41) is 3.12. The van der Waals surface area contributed by atoms with Crippen molar-refractivity contribution >= 4 is 21.8 Å². The van der Waals surface area contributed by atoms with E-state index >= 15 is 0 Å². The fourth-order valence-corrected chi connectivity index (χ4v) is 2.91. The van der Waals surface area contributed by atoms with Crippen LogP contribution in [0.3, 0.4) is 0 Å². The second kappa shape index (κ2) is 5.83. The highest BCUT2D eigenvalue weighted by Crippen LogP contribution is 2.29. The van der Waals surface area contributed by atoms with Crippen LogP contribution in [0, 0.1) is 11.8 Å². The van der Waals surface area contributed by atoms with Crippen LogP contribution >= 0.6 is 15.9 Å². The number of hydrogen-bond acceptors (Lipinski definition) is 2. The lowest BCUT2D eigenvalue weighted by Crippen LogP contribution is -2.43. The number of nitrogens with one attached hydrogen (secondary N) is 1. The van der Waals surface area contributed by atoms with Crippen LogP contribution in [0.15, 0.2) is 22.8 Å². The molecule has 1 saturated carbocycles. The van der Waals surface area contributed by atoms with E-state index in [-0.39, 0.29) is 11.9 Å². The number of halogens is 1. The van der Waals surface area contributed by atoms with Crippen molar-refractivity contribution in [3.63, 3.8) is 0 Å². The summed E-state index contributed by atoms with van der Waals surface area (Å²) in [7, 11) is 0. The number of aromatic nitrogens is 1. The summed E-state index contributed by atoms with van der Waals surface area (Å²) in [4.78, 5) is 16.3. The van der Waals surface area contributed by atoms with Crippen LogP contribution in [-0.4, -0.2) is 16.9 Å². The van der Waals surface area contributed by atoms with Crippen molar-refractivity contribution in [1.29, 1.82) is 0 Å². The van der Waals surface area contributed by atoms with Gasteiger partial charge in [-0.3, -0.25) is 4.79 Å². The molecule has 1 aromatic rings. The number of hydrogen-bond donors (Lipinski definition) is 1. The first-order chi connectivity index (χ1) is 8.58. The molecule has 1 N–H and O–H groups in total. The van der Waals surface area contributed by atoms with Gasteiger partial charge in [0.25, 0.3) is 5.91 Å². The molecule has 0 aromatic carbocycles. The van der Waals surface area contributed by atoms with Crippen LogP contribution in [0.1, 0.15) is 43.6 Å². The van der Waals surface area contributed by atoms with Crippen molar-refractivity contribution in [2.75, 3.05) is 0 Å². The van der Waals surface area contributed by atoms with E-state index in [1.807, 2.05) is 12.1 Å². The van der Waals surface area contributed by atoms with Crippen molar-refractivity contribution in [3.8, 4) is 0 Å². The van der Waals surface area contributed by atoms with Gasteiger partial charge in [0, 0.05) is 6.04 Å². The molecule has 1 aromatic heterocycles. The van der Waals surface area contributed by atoms with Crippen molar-refractivity contribution in [3.05, 3.63) is 28.5 Å². The second-order valence-corrected chi connectivity index (χ2v) is 6.01. The van der Waals surface area contributed by atoms with Gasteiger partial charge in [-0.2, -0.15) is 0 Å². The summed E-state index contributed by atoms with van der Waals surface area (Å²) in [6.45, 7) is 4.49. The van der Waals surface area contributed by atoms with Crippen LogP contribution in [0.25, 0.3) is 0 Å². The lowest BCUT2D eigenvalue weighted by molar-refractivity contribution is 0.0886. The van der Waals surface area contributed by atoms with E-state index in [1.54, 1.807) is 6.07 Å². The Balaban J connectivity index is 2.03. The van der Waals surface area contributed by atoms with E-state index in [1.165, 1.54) is 12.8 Å². The quantitative estimate of drug-likeness (QED) is 0.851. The Kier molecular flexibility index (Phi) is 4.38. The van der Waals surface area contributed by atoms with E-state index in [4.69, 9.17) is 0 Å². The van der Waals surface area contributed by atoms with Gasteiger partial charge in [0.2, 0.25) is 0 Å². The molecule has 1 aliphatic carbocycles. The van der Waals surface area contributed by atoms with Crippen molar-refractivity contribution < 1.29 is 4.79 Å². The van der Waals surface area contributed by atoms with Gasteiger partial charge in [-0.15, -0.1) is 0 Å². The average Bonchev–Trinajstić information content (AvgIpc) is 2.35. The lowest BCUT2D eigenvalue weighted by Gasteiger charge is -2.34. The molecule has 1 heterocycles. The molecule has 1 aliphatic rings. The molecule has 3 atom stereocenters. The van der Waals surface area contributed by atoms with Crippen molar-refractivity contribution in [1.82, 2.24) is 10.3 Å². The third kappa shape index (κ3) is 3.10. The van der Waals surface area contributed by atoms with Crippen LogP contribution in [0.2, 0.25) is 0 Å². The van der Waals surface area contributed by atoms with Crippen LogP contribution in [0.4, 0.5) is 0 Å². The average molecular weight is 311 g/mol. The van der Waals surface area contributed by atoms with Gasteiger partial charge in [-0.05, 0) is 46.3 Å². The molecule has 0 bridgehead atoms. The highest BCUT2D eigenvalue weighted by atomic mass is 79.9. The molecule has 3 unspecified atom stereocenters. The molecule has 2 rings (SSSR count). The van der Waals surface area contributed by atoms with Crippen molar-refractivity contribution in [2.24, 2.45) is 11.8 Å². The Labute approximate surface area is 117 Å². The molecule has 0 saturated heterocycles. The number of carbonyl (C=O) groups is 1. The van der Waals surface area contributed by atoms with E-state index in [0.717, 1.165) is 6.42 Å². The number of carbonyl (C=O) groups excluding carboxylic acids is 1. The summed E-state index contributed by atoms with van der Waals surface area (Å²) in [6, 6.07) is 5.68. The van der Waals surface area contributed by atoms with Gasteiger partial charge >= 0.3 is 0 Å². The molecular weight excluding hydrogens is 292 g/mol. The van der Waals surface area contributed by atoms with E-state index in [9.17, 15) is 4.79 Å². The van der Waals surface area contributed by atoms with Gasteiger partial charge in [0.1, 0.15) is 10.3 Å². The number of pyridine rings is 1. The maximum absolute atomic E-state index is 12.1. The molecule has 1 fully saturated rings. The summed E-state index contributed by atoms with van der Waals surface area (Å²) in [5.74, 6) is 1.15. The smallest absolute Gasteiger partial charge is 0.270 e. The molecule has 0 radical (unpaired) electrons. The Morgan fingerprint density at radius 2 is 2.17 bits per heavy atom. The Hall–Kier alpha value is -0.900. The number of amides is 1. The van der Waals surface area contributed by atoms with Crippen molar-refractivity contribution in [2.45, 2.75) is 39.2 Å². The molecule has 4 heteroatoms. The van der Waals surface area contributed by atoms with Gasteiger partial charge in [-0.25, -0.2) is 4.98 Å². The molecule has 1 amide bonds. The molecule has 18 heavy (non-hydrogen) atoms. The zero-order chi connectivity index (χ0) is 13.1. The zero-order valence-corrected chi connectivity index (χ0v) is 12.4. The van der Waals surface area contributed by atoms with E-state index < -0.39 is 0 Å². The highest BCUT2D eigenvalue weighted by Gasteiger charge is 2.28. The van der Waals surface area contributed by atoms with E-state index in [0.29, 0.717) is 22.1 Å². The fourth-order valence-electron chi connectivity index (χ4n) is 2.56. The molecule has 0 spiro atoms. The maximum Gasteiger partial charge on any atom is 0.270 e. The van der Waals surface area contributed by atoms with Crippen LogP contribution in [0.5, 0.6) is 0 Å². The fraction of sp³-hybridized carbons (Fsp3) is 0.571. The standard InChI is InChI=1S/C14H19BrN2O/c1-9-5-3-6-11(10(9)2)17-14(18)12-7-4-8-13(15)16-12/h4,7-11H,3,5-6H2,1-2H3,(H,17,18). The third-order valence-electron chi connectivity index (χ3n) is 3.97. The minimum absolute atomic E-state index is 0.0674. The molecule has 0 aliphatic heterocycles. The monoisotopic (exact) mass is 310 g/mol. The minimum atomic E-state index is -0.0674. The molecular formula is C14H19BrN2O. The lowest BCUT2D eigenvalue weighted by atomic mass is 9.78. The minimum Gasteiger partial charge on any atom is -0.348 e. The highest BCUT2D eigenvalue weighted by molar-refractivity contribution is 9.10. The predicted molar refractivity (Wildman–Crippen MR) is 75.4 cm³/mol. The first-order valence-electron chi connectivity index (χ1n) is 6.51.